The van der Waals surface area contributed by atoms with Gasteiger partial charge in [0.05, 0.1) is 16.9 Å². The zero-order chi connectivity index (χ0) is 14.3. The van der Waals surface area contributed by atoms with Crippen LogP contribution < -0.4 is 10.6 Å². The summed E-state index contributed by atoms with van der Waals surface area (Å²) in [6.07, 6.45) is 0.815. The van der Waals surface area contributed by atoms with Crippen molar-refractivity contribution in [3.8, 4) is 0 Å². The van der Waals surface area contributed by atoms with Crippen LogP contribution in [-0.2, 0) is 6.42 Å². The van der Waals surface area contributed by atoms with Crippen LogP contribution in [0.4, 0.5) is 21.5 Å². The first-order valence-electron chi connectivity index (χ1n) is 6.25. The van der Waals surface area contributed by atoms with Crippen molar-refractivity contribution in [1.29, 1.82) is 0 Å². The normalized spacial score (nSPS) is 13.3. The van der Waals surface area contributed by atoms with Crippen LogP contribution in [0.2, 0.25) is 0 Å². The lowest BCUT2D eigenvalue weighted by molar-refractivity contribution is 0.0697. The molecule has 1 aliphatic heterocycles. The van der Waals surface area contributed by atoms with Gasteiger partial charge in [0.2, 0.25) is 0 Å². The van der Waals surface area contributed by atoms with E-state index in [0.717, 1.165) is 17.7 Å². The summed E-state index contributed by atoms with van der Waals surface area (Å²) < 4.78 is 13.4. The number of carboxylic acids is 1. The van der Waals surface area contributed by atoms with Gasteiger partial charge < -0.3 is 15.7 Å². The van der Waals surface area contributed by atoms with E-state index in [2.05, 4.69) is 0 Å². The third-order valence-corrected chi connectivity index (χ3v) is 3.51. The number of aromatic carboxylic acids is 1. The smallest absolute Gasteiger partial charge is 0.335 e. The third kappa shape index (κ3) is 1.97. The van der Waals surface area contributed by atoms with Crippen LogP contribution >= 0.6 is 0 Å². The van der Waals surface area contributed by atoms with Gasteiger partial charge in [-0.15, -0.1) is 0 Å². The van der Waals surface area contributed by atoms with E-state index in [9.17, 15) is 9.18 Å². The van der Waals surface area contributed by atoms with Crippen LogP contribution in [0.25, 0.3) is 0 Å². The Balaban J connectivity index is 2.04. The fraction of sp³-hybridized carbons (Fsp3) is 0.133. The highest BCUT2D eigenvalue weighted by Crippen LogP contribution is 2.37. The molecule has 2 aromatic carbocycles. The molecule has 0 saturated carbocycles. The summed E-state index contributed by atoms with van der Waals surface area (Å²) in [4.78, 5) is 12.8. The molecule has 0 radical (unpaired) electrons. The number of nitrogen functional groups attached to an aromatic ring is 1. The SMILES string of the molecule is Nc1cc(C(=O)O)ccc1N1CCc2ccc(F)cc21. The number of rotatable bonds is 2. The second-order valence-electron chi connectivity index (χ2n) is 4.75. The first-order chi connectivity index (χ1) is 9.56. The Morgan fingerprint density at radius 3 is 2.70 bits per heavy atom. The van der Waals surface area contributed by atoms with Gasteiger partial charge in [0.25, 0.3) is 0 Å². The van der Waals surface area contributed by atoms with Crippen molar-refractivity contribution in [1.82, 2.24) is 0 Å². The van der Waals surface area contributed by atoms with E-state index < -0.39 is 5.97 Å². The number of hydrogen-bond acceptors (Lipinski definition) is 3. The van der Waals surface area contributed by atoms with Gasteiger partial charge in [-0.05, 0) is 42.3 Å². The van der Waals surface area contributed by atoms with Gasteiger partial charge in [-0.3, -0.25) is 0 Å². The minimum absolute atomic E-state index is 0.143. The molecule has 0 atom stereocenters. The van der Waals surface area contributed by atoms with Gasteiger partial charge in [-0.2, -0.15) is 0 Å². The van der Waals surface area contributed by atoms with Gasteiger partial charge in [0, 0.05) is 12.2 Å². The van der Waals surface area contributed by atoms with Crippen LogP contribution in [0.15, 0.2) is 36.4 Å². The van der Waals surface area contributed by atoms with E-state index >= 15 is 0 Å². The highest BCUT2D eigenvalue weighted by molar-refractivity contribution is 5.91. The maximum absolute atomic E-state index is 13.4. The second-order valence-corrected chi connectivity index (χ2v) is 4.75. The molecule has 0 saturated heterocycles. The van der Waals surface area contributed by atoms with Crippen molar-refractivity contribution in [3.63, 3.8) is 0 Å². The fourth-order valence-electron chi connectivity index (χ4n) is 2.54. The number of carbonyl (C=O) groups is 1. The molecule has 5 heteroatoms. The summed E-state index contributed by atoms with van der Waals surface area (Å²) in [6, 6.07) is 9.29. The molecule has 0 aliphatic carbocycles. The van der Waals surface area contributed by atoms with Crippen LogP contribution in [-0.4, -0.2) is 17.6 Å². The molecule has 0 spiro atoms. The third-order valence-electron chi connectivity index (χ3n) is 3.51. The van der Waals surface area contributed by atoms with E-state index in [1.165, 1.54) is 24.3 Å². The quantitative estimate of drug-likeness (QED) is 0.825. The van der Waals surface area contributed by atoms with Crippen LogP contribution in [0, 0.1) is 5.82 Å². The largest absolute Gasteiger partial charge is 0.478 e. The zero-order valence-electron chi connectivity index (χ0n) is 10.6. The van der Waals surface area contributed by atoms with E-state index in [4.69, 9.17) is 10.8 Å². The molecule has 102 valence electrons. The number of nitrogens with two attached hydrogens (primary N) is 1. The molecular formula is C15H13FN2O2. The zero-order valence-corrected chi connectivity index (χ0v) is 10.6. The molecule has 20 heavy (non-hydrogen) atoms. The topological polar surface area (TPSA) is 66.6 Å². The van der Waals surface area contributed by atoms with E-state index in [0.29, 0.717) is 17.9 Å². The number of halogens is 1. The molecular weight excluding hydrogens is 259 g/mol. The monoisotopic (exact) mass is 272 g/mol. The van der Waals surface area contributed by atoms with E-state index in [1.807, 2.05) is 4.90 Å². The lowest BCUT2D eigenvalue weighted by Gasteiger charge is -2.21. The Labute approximate surface area is 115 Å². The number of nitrogens with zero attached hydrogens (tertiary/aromatic N) is 1. The summed E-state index contributed by atoms with van der Waals surface area (Å²) in [5.74, 6) is -1.31. The highest BCUT2D eigenvalue weighted by atomic mass is 19.1. The first kappa shape index (κ1) is 12.5. The molecule has 0 bridgehead atoms. The van der Waals surface area contributed by atoms with Gasteiger partial charge in [0.15, 0.2) is 0 Å². The molecule has 3 rings (SSSR count). The van der Waals surface area contributed by atoms with Gasteiger partial charge >= 0.3 is 5.97 Å². The summed E-state index contributed by atoms with van der Waals surface area (Å²) in [6.45, 7) is 0.704. The Hall–Kier alpha value is -2.56. The average molecular weight is 272 g/mol. The summed E-state index contributed by atoms with van der Waals surface area (Å²) in [7, 11) is 0. The molecule has 0 unspecified atom stereocenters. The second kappa shape index (κ2) is 4.52. The number of hydrogen-bond donors (Lipinski definition) is 2. The lowest BCUT2D eigenvalue weighted by Crippen LogP contribution is -2.15. The van der Waals surface area contributed by atoms with E-state index in [-0.39, 0.29) is 11.4 Å². The van der Waals surface area contributed by atoms with Crippen molar-refractivity contribution >= 4 is 23.0 Å². The number of fused-ring (bicyclic) bond motifs is 1. The summed E-state index contributed by atoms with van der Waals surface area (Å²) in [5.41, 5.74) is 9.02. The molecule has 1 heterocycles. The predicted octanol–water partition coefficient (Wildman–Crippen LogP) is 2.80. The lowest BCUT2D eigenvalue weighted by atomic mass is 10.1. The molecule has 3 N–H and O–H groups in total. The van der Waals surface area contributed by atoms with Crippen molar-refractivity contribution < 1.29 is 14.3 Å². The molecule has 2 aromatic rings. The van der Waals surface area contributed by atoms with Crippen molar-refractivity contribution in [2.24, 2.45) is 0 Å². The van der Waals surface area contributed by atoms with Crippen LogP contribution in [0.5, 0.6) is 0 Å². The highest BCUT2D eigenvalue weighted by Gasteiger charge is 2.22. The number of anilines is 3. The Kier molecular flexibility index (Phi) is 2.82. The fourth-order valence-corrected chi connectivity index (χ4v) is 2.54. The maximum Gasteiger partial charge on any atom is 0.335 e. The van der Waals surface area contributed by atoms with Gasteiger partial charge in [-0.1, -0.05) is 6.07 Å². The standard InChI is InChI=1S/C15H13FN2O2/c16-11-3-1-9-5-6-18(14(9)8-11)13-4-2-10(15(19)20)7-12(13)17/h1-4,7-8H,5-6,17H2,(H,19,20). The summed E-state index contributed by atoms with van der Waals surface area (Å²) >= 11 is 0. The molecule has 1 aliphatic rings. The van der Waals surface area contributed by atoms with Gasteiger partial charge in [0.1, 0.15) is 5.82 Å². The van der Waals surface area contributed by atoms with Crippen molar-refractivity contribution in [2.75, 3.05) is 17.2 Å². The Morgan fingerprint density at radius 1 is 1.20 bits per heavy atom. The number of carboxylic acid groups (broad SMARTS) is 1. The number of benzene rings is 2. The van der Waals surface area contributed by atoms with Crippen molar-refractivity contribution in [3.05, 3.63) is 53.3 Å². The summed E-state index contributed by atoms with van der Waals surface area (Å²) in [5, 5.41) is 8.94. The van der Waals surface area contributed by atoms with Crippen molar-refractivity contribution in [2.45, 2.75) is 6.42 Å². The predicted molar refractivity (Wildman–Crippen MR) is 74.9 cm³/mol. The van der Waals surface area contributed by atoms with Gasteiger partial charge in [-0.25, -0.2) is 9.18 Å². The van der Waals surface area contributed by atoms with Crippen LogP contribution in [0.1, 0.15) is 15.9 Å². The minimum atomic E-state index is -1.02. The molecule has 0 fully saturated rings. The molecule has 0 amide bonds. The maximum atomic E-state index is 13.4. The van der Waals surface area contributed by atoms with E-state index in [1.54, 1.807) is 12.1 Å². The molecule has 4 nitrogen and oxygen atoms in total. The Morgan fingerprint density at radius 2 is 2.00 bits per heavy atom. The Bertz CT molecular complexity index is 700. The minimum Gasteiger partial charge on any atom is -0.478 e. The van der Waals surface area contributed by atoms with Crippen LogP contribution in [0.3, 0.4) is 0 Å². The first-order valence-corrected chi connectivity index (χ1v) is 6.25. The molecule has 0 aromatic heterocycles. The average Bonchev–Trinajstić information content (AvgIpc) is 2.81.